The third-order valence-corrected chi connectivity index (χ3v) is 4.25. The van der Waals surface area contributed by atoms with E-state index in [1.54, 1.807) is 7.11 Å². The van der Waals surface area contributed by atoms with Crippen molar-refractivity contribution in [2.45, 2.75) is 45.8 Å². The minimum absolute atomic E-state index is 0.0739. The quantitative estimate of drug-likeness (QED) is 0.803. The molecule has 1 unspecified atom stereocenters. The maximum atomic E-state index is 12.7. The van der Waals surface area contributed by atoms with Crippen LogP contribution in [0.5, 0.6) is 0 Å². The Morgan fingerprint density at radius 3 is 2.86 bits per heavy atom. The topological polar surface area (TPSA) is 60.5 Å². The lowest BCUT2D eigenvalue weighted by atomic mass is 10.00. The number of hydrogen-bond donors (Lipinski definition) is 1. The van der Waals surface area contributed by atoms with Crippen LogP contribution in [0.2, 0.25) is 0 Å². The largest absolute Gasteiger partial charge is 0.385 e. The van der Waals surface area contributed by atoms with E-state index >= 15 is 0 Å². The Hall–Kier alpha value is -1.17. The lowest BCUT2D eigenvalue weighted by Gasteiger charge is -2.30. The Kier molecular flexibility index (Phi) is 5.56. The SMILES string of the molecule is CCN1CCc2c(cc(C(C)N)c(=O)n2CCCOC)C1. The van der Waals surface area contributed by atoms with E-state index in [0.717, 1.165) is 38.0 Å². The van der Waals surface area contributed by atoms with E-state index in [1.807, 2.05) is 17.6 Å². The van der Waals surface area contributed by atoms with Crippen LogP contribution in [-0.4, -0.2) is 36.3 Å². The van der Waals surface area contributed by atoms with Crippen molar-refractivity contribution in [3.05, 3.63) is 33.2 Å². The number of pyridine rings is 1. The molecule has 0 aliphatic carbocycles. The van der Waals surface area contributed by atoms with Gasteiger partial charge in [-0.3, -0.25) is 9.69 Å². The first-order valence-electron chi connectivity index (χ1n) is 7.80. The van der Waals surface area contributed by atoms with E-state index in [2.05, 4.69) is 11.8 Å². The van der Waals surface area contributed by atoms with Gasteiger partial charge < -0.3 is 15.0 Å². The molecule has 2 N–H and O–H groups in total. The van der Waals surface area contributed by atoms with Crippen LogP contribution >= 0.6 is 0 Å². The van der Waals surface area contributed by atoms with Gasteiger partial charge >= 0.3 is 0 Å². The lowest BCUT2D eigenvalue weighted by Crippen LogP contribution is -2.38. The summed E-state index contributed by atoms with van der Waals surface area (Å²) >= 11 is 0. The van der Waals surface area contributed by atoms with E-state index < -0.39 is 0 Å². The molecule has 1 aromatic heterocycles. The van der Waals surface area contributed by atoms with Crippen LogP contribution in [0.1, 0.15) is 43.1 Å². The number of methoxy groups -OCH3 is 1. The van der Waals surface area contributed by atoms with Crippen LogP contribution in [0.3, 0.4) is 0 Å². The third kappa shape index (κ3) is 3.54. The third-order valence-electron chi connectivity index (χ3n) is 4.25. The summed E-state index contributed by atoms with van der Waals surface area (Å²) in [5, 5.41) is 0. The number of hydrogen-bond acceptors (Lipinski definition) is 4. The molecule has 5 heteroatoms. The maximum Gasteiger partial charge on any atom is 0.255 e. The fourth-order valence-corrected chi connectivity index (χ4v) is 3.00. The van der Waals surface area contributed by atoms with Crippen LogP contribution < -0.4 is 11.3 Å². The molecule has 0 bridgehead atoms. The van der Waals surface area contributed by atoms with Gasteiger partial charge in [-0.05, 0) is 31.5 Å². The van der Waals surface area contributed by atoms with Crippen molar-refractivity contribution in [2.24, 2.45) is 5.73 Å². The molecule has 5 nitrogen and oxygen atoms in total. The van der Waals surface area contributed by atoms with Crippen molar-refractivity contribution < 1.29 is 4.74 Å². The molecular formula is C16H27N3O2. The number of fused-ring (bicyclic) bond motifs is 1. The van der Waals surface area contributed by atoms with Crippen LogP contribution in [0.25, 0.3) is 0 Å². The van der Waals surface area contributed by atoms with Gasteiger partial charge in [-0.25, -0.2) is 0 Å². The molecule has 0 spiro atoms. The first-order valence-corrected chi connectivity index (χ1v) is 7.80. The fourth-order valence-electron chi connectivity index (χ4n) is 3.00. The number of rotatable bonds is 6. The molecule has 1 aliphatic rings. The second kappa shape index (κ2) is 7.20. The van der Waals surface area contributed by atoms with E-state index in [-0.39, 0.29) is 11.6 Å². The molecule has 118 valence electrons. The number of nitrogens with two attached hydrogens (primary N) is 1. The summed E-state index contributed by atoms with van der Waals surface area (Å²) in [6, 6.07) is 1.80. The number of ether oxygens (including phenoxy) is 1. The molecule has 2 heterocycles. The Morgan fingerprint density at radius 2 is 2.24 bits per heavy atom. The zero-order chi connectivity index (χ0) is 15.4. The van der Waals surface area contributed by atoms with E-state index in [0.29, 0.717) is 13.2 Å². The molecule has 0 radical (unpaired) electrons. The lowest BCUT2D eigenvalue weighted by molar-refractivity contribution is 0.188. The van der Waals surface area contributed by atoms with Gasteiger partial charge in [-0.1, -0.05) is 6.92 Å². The predicted molar refractivity (Wildman–Crippen MR) is 84.5 cm³/mol. The van der Waals surface area contributed by atoms with Crippen molar-refractivity contribution in [3.63, 3.8) is 0 Å². The number of likely N-dealkylation sites (N-methyl/N-ethyl adjacent to an activating group) is 1. The van der Waals surface area contributed by atoms with Gasteiger partial charge in [0.25, 0.3) is 5.56 Å². The highest BCUT2D eigenvalue weighted by molar-refractivity contribution is 5.30. The first-order chi connectivity index (χ1) is 10.1. The summed E-state index contributed by atoms with van der Waals surface area (Å²) in [5.74, 6) is 0. The summed E-state index contributed by atoms with van der Waals surface area (Å²) in [6.45, 7) is 8.40. The molecule has 2 rings (SSSR count). The molecule has 0 saturated carbocycles. The molecule has 21 heavy (non-hydrogen) atoms. The van der Waals surface area contributed by atoms with Crippen molar-refractivity contribution >= 4 is 0 Å². The van der Waals surface area contributed by atoms with Gasteiger partial charge in [0.1, 0.15) is 0 Å². The van der Waals surface area contributed by atoms with Crippen molar-refractivity contribution in [1.82, 2.24) is 9.47 Å². The number of aromatic nitrogens is 1. The summed E-state index contributed by atoms with van der Waals surface area (Å²) in [5.41, 5.74) is 9.23. The molecule has 1 atom stereocenters. The summed E-state index contributed by atoms with van der Waals surface area (Å²) in [4.78, 5) is 15.1. The molecule has 0 saturated heterocycles. The Labute approximate surface area is 126 Å². The highest BCUT2D eigenvalue weighted by Gasteiger charge is 2.21. The summed E-state index contributed by atoms with van der Waals surface area (Å²) < 4.78 is 7.04. The zero-order valence-electron chi connectivity index (χ0n) is 13.4. The van der Waals surface area contributed by atoms with E-state index in [1.165, 1.54) is 11.3 Å². The molecular weight excluding hydrogens is 266 g/mol. The van der Waals surface area contributed by atoms with Gasteiger partial charge in [0.05, 0.1) is 0 Å². The summed E-state index contributed by atoms with van der Waals surface area (Å²) in [6.07, 6.45) is 1.79. The normalized spacial score (nSPS) is 16.8. The highest BCUT2D eigenvalue weighted by atomic mass is 16.5. The van der Waals surface area contributed by atoms with Crippen molar-refractivity contribution in [1.29, 1.82) is 0 Å². The molecule has 0 amide bonds. The average Bonchev–Trinajstić information content (AvgIpc) is 2.48. The van der Waals surface area contributed by atoms with Crippen molar-refractivity contribution in [2.75, 3.05) is 26.8 Å². The minimum Gasteiger partial charge on any atom is -0.385 e. The van der Waals surface area contributed by atoms with Crippen molar-refractivity contribution in [3.8, 4) is 0 Å². The maximum absolute atomic E-state index is 12.7. The van der Waals surface area contributed by atoms with Crippen LogP contribution in [0.15, 0.2) is 10.9 Å². The Morgan fingerprint density at radius 1 is 1.48 bits per heavy atom. The van der Waals surface area contributed by atoms with Gasteiger partial charge in [-0.2, -0.15) is 0 Å². The minimum atomic E-state index is -0.228. The average molecular weight is 293 g/mol. The second-order valence-electron chi connectivity index (χ2n) is 5.78. The number of nitrogens with zero attached hydrogens (tertiary/aromatic N) is 2. The van der Waals surface area contributed by atoms with E-state index in [4.69, 9.17) is 10.5 Å². The molecule has 0 fully saturated rings. The van der Waals surface area contributed by atoms with Gasteiger partial charge in [0.2, 0.25) is 0 Å². The smallest absolute Gasteiger partial charge is 0.255 e. The molecule has 0 aromatic carbocycles. The summed E-state index contributed by atoms with van der Waals surface area (Å²) in [7, 11) is 1.69. The Bertz CT molecular complexity index is 537. The van der Waals surface area contributed by atoms with E-state index in [9.17, 15) is 4.79 Å². The fraction of sp³-hybridized carbons (Fsp3) is 0.688. The second-order valence-corrected chi connectivity index (χ2v) is 5.78. The first kappa shape index (κ1) is 16.2. The monoisotopic (exact) mass is 293 g/mol. The zero-order valence-corrected chi connectivity index (χ0v) is 13.4. The van der Waals surface area contributed by atoms with Crippen LogP contribution in [-0.2, 0) is 24.2 Å². The molecule has 1 aliphatic heterocycles. The van der Waals surface area contributed by atoms with Gasteiger partial charge in [0, 0.05) is 57.1 Å². The Balaban J connectivity index is 2.41. The molecule has 1 aromatic rings. The van der Waals surface area contributed by atoms with Gasteiger partial charge in [0.15, 0.2) is 0 Å². The standard InChI is InChI=1S/C16H27N3O2/c1-4-18-8-6-15-13(11-18)10-14(12(2)17)16(20)19(15)7-5-9-21-3/h10,12H,4-9,11,17H2,1-3H3. The predicted octanol–water partition coefficient (Wildman–Crippen LogP) is 1.28. The van der Waals surface area contributed by atoms with Crippen LogP contribution in [0, 0.1) is 0 Å². The van der Waals surface area contributed by atoms with Gasteiger partial charge in [-0.15, -0.1) is 0 Å². The van der Waals surface area contributed by atoms with Crippen LogP contribution in [0.4, 0.5) is 0 Å². The highest BCUT2D eigenvalue weighted by Crippen LogP contribution is 2.20.